The van der Waals surface area contributed by atoms with Crippen molar-refractivity contribution < 1.29 is 13.9 Å². The van der Waals surface area contributed by atoms with E-state index in [4.69, 9.17) is 14.7 Å². The third-order valence-electron chi connectivity index (χ3n) is 3.31. The van der Waals surface area contributed by atoms with Gasteiger partial charge in [0, 0.05) is 18.0 Å². The summed E-state index contributed by atoms with van der Waals surface area (Å²) in [5.41, 5.74) is 0.582. The number of H-pyrrole nitrogens is 1. The lowest BCUT2D eigenvalue weighted by Crippen LogP contribution is -1.95. The van der Waals surface area contributed by atoms with Crippen molar-refractivity contribution in [3.8, 4) is 23.3 Å². The van der Waals surface area contributed by atoms with Gasteiger partial charge in [-0.2, -0.15) is 10.5 Å². The minimum atomic E-state index is -0.558. The molecule has 130 valence electrons. The number of aromatic amines is 1. The Bertz CT molecular complexity index is 948. The van der Waals surface area contributed by atoms with E-state index in [1.807, 2.05) is 6.07 Å². The summed E-state index contributed by atoms with van der Waals surface area (Å²) in [6, 6.07) is 13.1. The molecule has 0 saturated carbocycles. The Morgan fingerprint density at radius 1 is 1.23 bits per heavy atom. The summed E-state index contributed by atoms with van der Waals surface area (Å²) >= 11 is 0. The molecule has 0 unspecified atom stereocenters. The molecule has 0 atom stereocenters. The molecule has 0 fully saturated rings. The molecule has 2 aromatic carbocycles. The van der Waals surface area contributed by atoms with Crippen molar-refractivity contribution >= 4 is 11.3 Å². The Kier molecular flexibility index (Phi) is 5.05. The molecular formula is C17H13FN6O2. The number of nitrogens with one attached hydrogen (secondary N) is 2. The molecule has 0 saturated heterocycles. The second-order valence-corrected chi connectivity index (χ2v) is 4.97. The maximum atomic E-state index is 14.2. The Hall–Kier alpha value is -3.93. The van der Waals surface area contributed by atoms with Crippen LogP contribution in [0.2, 0.25) is 0 Å². The molecular weight excluding hydrogens is 339 g/mol. The highest BCUT2D eigenvalue weighted by atomic mass is 19.1. The molecule has 0 amide bonds. The maximum absolute atomic E-state index is 14.2. The number of benzene rings is 2. The zero-order valence-electron chi connectivity index (χ0n) is 13.6. The van der Waals surface area contributed by atoms with Crippen LogP contribution in [0.1, 0.15) is 5.82 Å². The van der Waals surface area contributed by atoms with Crippen molar-refractivity contribution in [3.63, 3.8) is 0 Å². The number of nitrogens with zero attached hydrogens (tertiary/aromatic N) is 4. The van der Waals surface area contributed by atoms with Crippen molar-refractivity contribution in [2.24, 2.45) is 0 Å². The van der Waals surface area contributed by atoms with Gasteiger partial charge in [0.25, 0.3) is 0 Å². The Labute approximate surface area is 147 Å². The predicted octanol–water partition coefficient (Wildman–Crippen LogP) is 3.12. The number of halogens is 1. The van der Waals surface area contributed by atoms with E-state index in [1.54, 1.807) is 37.4 Å². The standard InChI is InChI=1S/C17H13FN6O2/c1-25-13-3-5-14(6-4-13)26-16-7-2-12(8-15(16)18)20-10-11(9-19)17-21-23-24-22-17/h2-8,10,20H,1H3,(H,21,22,23,24). The molecule has 3 aromatic rings. The quantitative estimate of drug-likeness (QED) is 0.656. The summed E-state index contributed by atoms with van der Waals surface area (Å²) in [4.78, 5) is 0. The smallest absolute Gasteiger partial charge is 0.216 e. The molecule has 0 spiro atoms. The minimum Gasteiger partial charge on any atom is -0.497 e. The van der Waals surface area contributed by atoms with Gasteiger partial charge in [0.05, 0.1) is 7.11 Å². The number of nitriles is 1. The lowest BCUT2D eigenvalue weighted by Gasteiger charge is -2.09. The molecule has 1 heterocycles. The van der Waals surface area contributed by atoms with Crippen LogP contribution in [0, 0.1) is 17.1 Å². The van der Waals surface area contributed by atoms with Gasteiger partial charge in [0.2, 0.25) is 5.82 Å². The Morgan fingerprint density at radius 3 is 2.62 bits per heavy atom. The third-order valence-corrected chi connectivity index (χ3v) is 3.31. The highest BCUT2D eigenvalue weighted by Gasteiger charge is 2.08. The van der Waals surface area contributed by atoms with Gasteiger partial charge in [-0.3, -0.25) is 0 Å². The zero-order valence-corrected chi connectivity index (χ0v) is 13.6. The fraction of sp³-hybridized carbons (Fsp3) is 0.0588. The predicted molar refractivity (Wildman–Crippen MR) is 90.9 cm³/mol. The van der Waals surface area contributed by atoms with Gasteiger partial charge in [0.15, 0.2) is 11.6 Å². The van der Waals surface area contributed by atoms with Crippen molar-refractivity contribution in [2.75, 3.05) is 12.4 Å². The normalized spacial score (nSPS) is 10.9. The van der Waals surface area contributed by atoms with Crippen LogP contribution in [0.5, 0.6) is 17.2 Å². The molecule has 1 aromatic heterocycles. The monoisotopic (exact) mass is 352 g/mol. The molecule has 0 aliphatic rings. The number of allylic oxidation sites excluding steroid dienone is 1. The average Bonchev–Trinajstić information content (AvgIpc) is 3.19. The molecule has 9 heteroatoms. The van der Waals surface area contributed by atoms with Crippen molar-refractivity contribution in [1.29, 1.82) is 5.26 Å². The van der Waals surface area contributed by atoms with Gasteiger partial charge in [-0.25, -0.2) is 4.39 Å². The largest absolute Gasteiger partial charge is 0.497 e. The second kappa shape index (κ2) is 7.76. The Balaban J connectivity index is 1.72. The van der Waals surface area contributed by atoms with Crippen LogP contribution < -0.4 is 14.8 Å². The number of aromatic nitrogens is 4. The molecule has 0 bridgehead atoms. The first kappa shape index (κ1) is 16.9. The molecule has 0 aliphatic carbocycles. The third kappa shape index (κ3) is 3.93. The molecule has 26 heavy (non-hydrogen) atoms. The van der Waals surface area contributed by atoms with Gasteiger partial charge in [-0.1, -0.05) is 0 Å². The number of methoxy groups -OCH3 is 1. The lowest BCUT2D eigenvalue weighted by atomic mass is 10.2. The van der Waals surface area contributed by atoms with Crippen LogP contribution in [-0.2, 0) is 0 Å². The van der Waals surface area contributed by atoms with E-state index < -0.39 is 5.82 Å². The number of tetrazole rings is 1. The summed E-state index contributed by atoms with van der Waals surface area (Å²) < 4.78 is 24.8. The highest BCUT2D eigenvalue weighted by Crippen LogP contribution is 2.28. The summed E-state index contributed by atoms with van der Waals surface area (Å²) in [6.45, 7) is 0. The van der Waals surface area contributed by atoms with E-state index in [2.05, 4.69) is 25.9 Å². The van der Waals surface area contributed by atoms with E-state index in [9.17, 15) is 4.39 Å². The van der Waals surface area contributed by atoms with E-state index in [0.29, 0.717) is 17.2 Å². The van der Waals surface area contributed by atoms with Crippen molar-refractivity contribution in [1.82, 2.24) is 20.6 Å². The maximum Gasteiger partial charge on any atom is 0.216 e. The van der Waals surface area contributed by atoms with E-state index in [-0.39, 0.29) is 17.1 Å². The van der Waals surface area contributed by atoms with Crippen LogP contribution in [0.15, 0.2) is 48.7 Å². The van der Waals surface area contributed by atoms with Gasteiger partial charge in [0.1, 0.15) is 23.1 Å². The molecule has 0 radical (unpaired) electrons. The Morgan fingerprint density at radius 2 is 2.00 bits per heavy atom. The summed E-state index contributed by atoms with van der Waals surface area (Å²) in [5, 5.41) is 25.0. The number of rotatable bonds is 6. The van der Waals surface area contributed by atoms with Crippen molar-refractivity contribution in [2.45, 2.75) is 0 Å². The van der Waals surface area contributed by atoms with E-state index in [0.717, 1.165) is 0 Å². The first-order valence-corrected chi connectivity index (χ1v) is 7.41. The SMILES string of the molecule is COc1ccc(Oc2ccc(NC=C(C#N)c3nn[nH]n3)cc2F)cc1. The first-order chi connectivity index (χ1) is 12.7. The lowest BCUT2D eigenvalue weighted by molar-refractivity contribution is 0.411. The first-order valence-electron chi connectivity index (χ1n) is 7.41. The van der Waals surface area contributed by atoms with Crippen LogP contribution >= 0.6 is 0 Å². The average molecular weight is 352 g/mol. The van der Waals surface area contributed by atoms with Crippen LogP contribution in [0.25, 0.3) is 5.57 Å². The fourth-order valence-corrected chi connectivity index (χ4v) is 2.02. The molecule has 3 rings (SSSR count). The molecule has 0 aliphatic heterocycles. The number of hydrogen-bond acceptors (Lipinski definition) is 7. The van der Waals surface area contributed by atoms with Crippen molar-refractivity contribution in [3.05, 3.63) is 60.3 Å². The zero-order chi connectivity index (χ0) is 18.4. The van der Waals surface area contributed by atoms with Gasteiger partial charge < -0.3 is 14.8 Å². The summed E-state index contributed by atoms with van der Waals surface area (Å²) in [6.07, 6.45) is 1.36. The number of ether oxygens (including phenoxy) is 2. The summed E-state index contributed by atoms with van der Waals surface area (Å²) in [5.74, 6) is 0.814. The highest BCUT2D eigenvalue weighted by molar-refractivity contribution is 5.74. The van der Waals surface area contributed by atoms with Crippen LogP contribution in [0.3, 0.4) is 0 Å². The van der Waals surface area contributed by atoms with Crippen LogP contribution in [-0.4, -0.2) is 27.7 Å². The minimum absolute atomic E-state index is 0.0726. The molecule has 8 nitrogen and oxygen atoms in total. The van der Waals surface area contributed by atoms with Gasteiger partial charge in [-0.15, -0.1) is 10.2 Å². The van der Waals surface area contributed by atoms with E-state index in [1.165, 1.54) is 18.3 Å². The number of anilines is 1. The summed E-state index contributed by atoms with van der Waals surface area (Å²) in [7, 11) is 1.56. The van der Waals surface area contributed by atoms with E-state index >= 15 is 0 Å². The fourth-order valence-electron chi connectivity index (χ4n) is 2.02. The second-order valence-electron chi connectivity index (χ2n) is 4.97. The number of hydrogen-bond donors (Lipinski definition) is 2. The molecule has 2 N–H and O–H groups in total. The van der Waals surface area contributed by atoms with Gasteiger partial charge >= 0.3 is 0 Å². The van der Waals surface area contributed by atoms with Gasteiger partial charge in [-0.05, 0) is 41.6 Å². The van der Waals surface area contributed by atoms with Crippen LogP contribution in [0.4, 0.5) is 10.1 Å². The topological polar surface area (TPSA) is 109 Å².